The fourth-order valence-corrected chi connectivity index (χ4v) is 2.23. The first kappa shape index (κ1) is 18.1. The van der Waals surface area contributed by atoms with E-state index in [0.29, 0.717) is 17.3 Å². The van der Waals surface area contributed by atoms with Crippen LogP contribution in [0.4, 0.5) is 0 Å². The van der Waals surface area contributed by atoms with E-state index in [2.05, 4.69) is 5.32 Å². The molecule has 2 aromatic carbocycles. The SMILES string of the molecule is CC(C)Oc1cccc(CNC(=O)[C@@H](C)Oc2ccc(Cl)cc2)c1. The smallest absolute Gasteiger partial charge is 0.261 e. The minimum atomic E-state index is -0.596. The van der Waals surface area contributed by atoms with E-state index < -0.39 is 6.10 Å². The third-order valence-electron chi connectivity index (χ3n) is 3.23. The van der Waals surface area contributed by atoms with Gasteiger partial charge in [-0.25, -0.2) is 0 Å². The fourth-order valence-electron chi connectivity index (χ4n) is 2.10. The van der Waals surface area contributed by atoms with Crippen LogP contribution in [0.15, 0.2) is 48.5 Å². The largest absolute Gasteiger partial charge is 0.491 e. The number of benzene rings is 2. The van der Waals surface area contributed by atoms with Gasteiger partial charge in [-0.15, -0.1) is 0 Å². The number of hydrogen-bond acceptors (Lipinski definition) is 3. The van der Waals surface area contributed by atoms with Crippen molar-refractivity contribution >= 4 is 17.5 Å². The van der Waals surface area contributed by atoms with E-state index >= 15 is 0 Å². The lowest BCUT2D eigenvalue weighted by Gasteiger charge is -2.15. The summed E-state index contributed by atoms with van der Waals surface area (Å²) in [7, 11) is 0. The zero-order valence-electron chi connectivity index (χ0n) is 14.1. The summed E-state index contributed by atoms with van der Waals surface area (Å²) >= 11 is 5.83. The van der Waals surface area contributed by atoms with E-state index in [1.807, 2.05) is 38.1 Å². The molecule has 0 fully saturated rings. The molecule has 4 nitrogen and oxygen atoms in total. The van der Waals surface area contributed by atoms with Crippen molar-refractivity contribution in [3.8, 4) is 11.5 Å². The van der Waals surface area contributed by atoms with E-state index in [0.717, 1.165) is 11.3 Å². The van der Waals surface area contributed by atoms with Gasteiger partial charge in [-0.2, -0.15) is 0 Å². The van der Waals surface area contributed by atoms with E-state index in [-0.39, 0.29) is 12.0 Å². The average molecular weight is 348 g/mol. The molecule has 24 heavy (non-hydrogen) atoms. The van der Waals surface area contributed by atoms with Crippen molar-refractivity contribution in [3.05, 3.63) is 59.1 Å². The van der Waals surface area contributed by atoms with Crippen LogP contribution in [0.2, 0.25) is 5.02 Å². The van der Waals surface area contributed by atoms with Crippen molar-refractivity contribution in [1.82, 2.24) is 5.32 Å². The van der Waals surface area contributed by atoms with Crippen LogP contribution in [0.25, 0.3) is 0 Å². The predicted octanol–water partition coefficient (Wildman–Crippen LogP) is 4.21. The molecule has 2 aromatic rings. The average Bonchev–Trinajstić information content (AvgIpc) is 2.54. The lowest BCUT2D eigenvalue weighted by atomic mass is 10.2. The van der Waals surface area contributed by atoms with Crippen LogP contribution in [0.5, 0.6) is 11.5 Å². The first-order valence-electron chi connectivity index (χ1n) is 7.89. The monoisotopic (exact) mass is 347 g/mol. The zero-order chi connectivity index (χ0) is 17.5. The van der Waals surface area contributed by atoms with Crippen LogP contribution in [0.1, 0.15) is 26.3 Å². The maximum absolute atomic E-state index is 12.2. The number of carbonyl (C=O) groups is 1. The Labute approximate surface area is 147 Å². The number of halogens is 1. The first-order chi connectivity index (χ1) is 11.4. The fraction of sp³-hybridized carbons (Fsp3) is 0.316. The van der Waals surface area contributed by atoms with Crippen LogP contribution in [-0.4, -0.2) is 18.1 Å². The summed E-state index contributed by atoms with van der Waals surface area (Å²) in [6, 6.07) is 14.6. The van der Waals surface area contributed by atoms with Gasteiger partial charge in [0.25, 0.3) is 5.91 Å². The molecule has 0 aliphatic heterocycles. The second kappa shape index (κ2) is 8.60. The van der Waals surface area contributed by atoms with Gasteiger partial charge in [0.15, 0.2) is 6.10 Å². The molecule has 0 unspecified atom stereocenters. The van der Waals surface area contributed by atoms with E-state index in [4.69, 9.17) is 21.1 Å². The molecule has 2 rings (SSSR count). The van der Waals surface area contributed by atoms with Crippen molar-refractivity contribution in [1.29, 1.82) is 0 Å². The van der Waals surface area contributed by atoms with Gasteiger partial charge in [-0.05, 0) is 62.7 Å². The Balaban J connectivity index is 1.86. The topological polar surface area (TPSA) is 47.6 Å². The maximum atomic E-state index is 12.2. The summed E-state index contributed by atoms with van der Waals surface area (Å²) in [5.41, 5.74) is 0.972. The van der Waals surface area contributed by atoms with Gasteiger partial charge in [0.2, 0.25) is 0 Å². The Morgan fingerprint density at radius 2 is 1.75 bits per heavy atom. The van der Waals surface area contributed by atoms with Crippen LogP contribution in [-0.2, 0) is 11.3 Å². The highest BCUT2D eigenvalue weighted by atomic mass is 35.5. The molecular weight excluding hydrogens is 326 g/mol. The summed E-state index contributed by atoms with van der Waals surface area (Å²) < 4.78 is 11.3. The standard InChI is InChI=1S/C19H22ClNO3/c1-13(2)23-18-6-4-5-15(11-18)12-21-19(22)14(3)24-17-9-7-16(20)8-10-17/h4-11,13-14H,12H2,1-3H3,(H,21,22)/t14-/m1/s1. The number of hydrogen-bond donors (Lipinski definition) is 1. The Morgan fingerprint density at radius 3 is 2.42 bits per heavy atom. The highest BCUT2D eigenvalue weighted by Gasteiger charge is 2.14. The molecule has 0 aliphatic rings. The molecule has 1 atom stereocenters. The van der Waals surface area contributed by atoms with Gasteiger partial charge in [0.05, 0.1) is 6.10 Å². The molecule has 0 saturated heterocycles. The Morgan fingerprint density at radius 1 is 1.04 bits per heavy atom. The van der Waals surface area contributed by atoms with Gasteiger partial charge < -0.3 is 14.8 Å². The molecule has 0 saturated carbocycles. The molecule has 0 radical (unpaired) electrons. The lowest BCUT2D eigenvalue weighted by molar-refractivity contribution is -0.127. The molecular formula is C19H22ClNO3. The second-order valence-corrected chi connectivity index (χ2v) is 6.18. The molecule has 1 N–H and O–H groups in total. The van der Waals surface area contributed by atoms with Crippen molar-refractivity contribution in [2.45, 2.75) is 39.5 Å². The summed E-state index contributed by atoms with van der Waals surface area (Å²) in [6.07, 6.45) is -0.482. The molecule has 0 spiro atoms. The van der Waals surface area contributed by atoms with Crippen molar-refractivity contribution in [2.24, 2.45) is 0 Å². The summed E-state index contributed by atoms with van der Waals surface area (Å²) in [5, 5.41) is 3.49. The van der Waals surface area contributed by atoms with Crippen molar-refractivity contribution in [3.63, 3.8) is 0 Å². The van der Waals surface area contributed by atoms with Gasteiger partial charge >= 0.3 is 0 Å². The molecule has 0 bridgehead atoms. The highest BCUT2D eigenvalue weighted by Crippen LogP contribution is 2.17. The van der Waals surface area contributed by atoms with E-state index in [9.17, 15) is 4.79 Å². The molecule has 0 aliphatic carbocycles. The third-order valence-corrected chi connectivity index (χ3v) is 3.48. The van der Waals surface area contributed by atoms with E-state index in [1.54, 1.807) is 31.2 Å². The summed E-state index contributed by atoms with van der Waals surface area (Å²) in [5.74, 6) is 1.22. The normalized spacial score (nSPS) is 11.9. The Hall–Kier alpha value is -2.20. The first-order valence-corrected chi connectivity index (χ1v) is 8.27. The van der Waals surface area contributed by atoms with Crippen molar-refractivity contribution < 1.29 is 14.3 Å². The third kappa shape index (κ3) is 5.78. The Kier molecular flexibility index (Phi) is 6.50. The van der Waals surface area contributed by atoms with Gasteiger partial charge in [0.1, 0.15) is 11.5 Å². The second-order valence-electron chi connectivity index (χ2n) is 5.75. The van der Waals surface area contributed by atoms with Crippen LogP contribution < -0.4 is 14.8 Å². The number of ether oxygens (including phenoxy) is 2. The molecule has 5 heteroatoms. The maximum Gasteiger partial charge on any atom is 0.261 e. The lowest BCUT2D eigenvalue weighted by Crippen LogP contribution is -2.35. The van der Waals surface area contributed by atoms with Gasteiger partial charge in [-0.1, -0.05) is 23.7 Å². The molecule has 128 valence electrons. The number of rotatable bonds is 7. The van der Waals surface area contributed by atoms with Crippen LogP contribution in [0, 0.1) is 0 Å². The highest BCUT2D eigenvalue weighted by molar-refractivity contribution is 6.30. The quantitative estimate of drug-likeness (QED) is 0.816. The Bertz CT molecular complexity index is 671. The number of amides is 1. The minimum Gasteiger partial charge on any atom is -0.491 e. The molecule has 0 heterocycles. The van der Waals surface area contributed by atoms with Gasteiger partial charge in [0, 0.05) is 11.6 Å². The van der Waals surface area contributed by atoms with Crippen molar-refractivity contribution in [2.75, 3.05) is 0 Å². The summed E-state index contributed by atoms with van der Waals surface area (Å²) in [4.78, 5) is 12.2. The zero-order valence-corrected chi connectivity index (χ0v) is 14.8. The van der Waals surface area contributed by atoms with Crippen LogP contribution >= 0.6 is 11.6 Å². The predicted molar refractivity (Wildman–Crippen MR) is 95.6 cm³/mol. The van der Waals surface area contributed by atoms with E-state index in [1.165, 1.54) is 0 Å². The van der Waals surface area contributed by atoms with Gasteiger partial charge in [-0.3, -0.25) is 4.79 Å². The minimum absolute atomic E-state index is 0.114. The summed E-state index contributed by atoms with van der Waals surface area (Å²) in [6.45, 7) is 6.08. The number of carbonyl (C=O) groups excluding carboxylic acids is 1. The number of nitrogens with one attached hydrogen (secondary N) is 1. The van der Waals surface area contributed by atoms with Crippen LogP contribution in [0.3, 0.4) is 0 Å². The molecule has 0 aromatic heterocycles. The molecule has 1 amide bonds.